The number of carbonyl (C=O) groups is 1. The normalized spacial score (nSPS) is 13.0. The molecule has 26 heavy (non-hydrogen) atoms. The van der Waals surface area contributed by atoms with Crippen molar-refractivity contribution >= 4 is 6.41 Å². The molecule has 2 heterocycles. The smallest absolute Gasteiger partial charge is 0.209 e. The molecule has 1 amide bonds. The van der Waals surface area contributed by atoms with E-state index >= 15 is 0 Å². The summed E-state index contributed by atoms with van der Waals surface area (Å²) in [5, 5.41) is 0. The Hall–Kier alpha value is -2.86. The van der Waals surface area contributed by atoms with Gasteiger partial charge in [-0.1, -0.05) is 53.0 Å². The molecule has 0 radical (unpaired) electrons. The number of aromatic nitrogens is 1. The van der Waals surface area contributed by atoms with Crippen molar-refractivity contribution < 1.29 is 4.79 Å². The molecule has 2 aromatic rings. The zero-order chi connectivity index (χ0) is 18.8. The fourth-order valence-electron chi connectivity index (χ4n) is 2.69. The molecule has 1 aliphatic rings. The highest BCUT2D eigenvalue weighted by Crippen LogP contribution is 2.14. The Balaban J connectivity index is 0.000000254. The summed E-state index contributed by atoms with van der Waals surface area (Å²) in [7, 11) is 0. The van der Waals surface area contributed by atoms with Crippen LogP contribution in [0.25, 0.3) is 0 Å². The summed E-state index contributed by atoms with van der Waals surface area (Å²) in [5.74, 6) is 6.09. The van der Waals surface area contributed by atoms with Gasteiger partial charge in [0, 0.05) is 18.8 Å². The molecule has 0 saturated carbocycles. The molecule has 3 heteroatoms. The Morgan fingerprint density at radius 2 is 1.65 bits per heavy atom. The van der Waals surface area contributed by atoms with E-state index in [0.717, 1.165) is 43.7 Å². The molecule has 134 valence electrons. The number of hydrogen-bond acceptors (Lipinski definition) is 2. The summed E-state index contributed by atoms with van der Waals surface area (Å²) in [6.07, 6.45) is 4.73. The van der Waals surface area contributed by atoms with Gasteiger partial charge in [0.15, 0.2) is 0 Å². The maximum atomic E-state index is 10.6. The molecule has 3 nitrogen and oxygen atoms in total. The van der Waals surface area contributed by atoms with Gasteiger partial charge in [0.05, 0.1) is 0 Å². The van der Waals surface area contributed by atoms with Gasteiger partial charge in [0.25, 0.3) is 0 Å². The number of carbonyl (C=O) groups excluding carboxylic acids is 1. The van der Waals surface area contributed by atoms with E-state index in [0.29, 0.717) is 0 Å². The number of rotatable bonds is 1. The predicted molar refractivity (Wildman–Crippen MR) is 107 cm³/mol. The van der Waals surface area contributed by atoms with Crippen LogP contribution in [0.4, 0.5) is 0 Å². The van der Waals surface area contributed by atoms with Crippen LogP contribution in [0, 0.1) is 32.6 Å². The number of likely N-dealkylation sites (tertiary alicyclic amines) is 1. The first-order chi connectivity index (χ1) is 12.6. The summed E-state index contributed by atoms with van der Waals surface area (Å²) < 4.78 is 0. The van der Waals surface area contributed by atoms with Crippen LogP contribution in [0.3, 0.4) is 0 Å². The van der Waals surface area contributed by atoms with Gasteiger partial charge >= 0.3 is 0 Å². The molecule has 1 fully saturated rings. The van der Waals surface area contributed by atoms with Crippen molar-refractivity contribution in [2.75, 3.05) is 13.1 Å². The first kappa shape index (κ1) is 19.5. The third-order valence-corrected chi connectivity index (χ3v) is 4.13. The number of pyridine rings is 1. The summed E-state index contributed by atoms with van der Waals surface area (Å²) in [4.78, 5) is 16.7. The van der Waals surface area contributed by atoms with Crippen LogP contribution < -0.4 is 0 Å². The third-order valence-electron chi connectivity index (χ3n) is 4.13. The number of nitrogens with zero attached hydrogens (tertiary/aromatic N) is 2. The summed E-state index contributed by atoms with van der Waals surface area (Å²) in [6, 6.07) is 14.3. The van der Waals surface area contributed by atoms with E-state index in [-0.39, 0.29) is 0 Å². The van der Waals surface area contributed by atoms with Crippen molar-refractivity contribution in [2.45, 2.75) is 33.6 Å². The lowest BCUT2D eigenvalue weighted by molar-refractivity contribution is -0.118. The minimum atomic E-state index is 0.803. The third kappa shape index (κ3) is 6.94. The molecule has 0 N–H and O–H groups in total. The van der Waals surface area contributed by atoms with Crippen LogP contribution in [0.2, 0.25) is 0 Å². The minimum absolute atomic E-state index is 0.803. The Bertz CT molecular complexity index is 800. The highest BCUT2D eigenvalue weighted by molar-refractivity contribution is 5.47. The lowest BCUT2D eigenvalue weighted by Crippen LogP contribution is -2.29. The standard InChI is InChI=1S/C15H16N2O.C8H10/c1-13-4-2-6-15(16-13)7-3-5-14-8-10-17(12-18)11-9-14;1-7-4-3-5-8(2)6-7/h2,4-6,12H,8-11H2,1H3;3-6H,1-2H3. The summed E-state index contributed by atoms with van der Waals surface area (Å²) in [5.41, 5.74) is 5.77. The van der Waals surface area contributed by atoms with Gasteiger partial charge in [-0.2, -0.15) is 0 Å². The van der Waals surface area contributed by atoms with Crippen molar-refractivity contribution in [3.63, 3.8) is 0 Å². The van der Waals surface area contributed by atoms with Gasteiger partial charge in [0.1, 0.15) is 5.69 Å². The largest absolute Gasteiger partial charge is 0.345 e. The van der Waals surface area contributed by atoms with Crippen molar-refractivity contribution in [1.82, 2.24) is 9.88 Å². The van der Waals surface area contributed by atoms with E-state index in [1.807, 2.05) is 31.2 Å². The topological polar surface area (TPSA) is 33.2 Å². The molecule has 1 aromatic heterocycles. The van der Waals surface area contributed by atoms with Crippen LogP contribution in [0.15, 0.2) is 54.1 Å². The molecule has 1 saturated heterocycles. The maximum absolute atomic E-state index is 10.6. The Morgan fingerprint density at radius 1 is 1.00 bits per heavy atom. The quantitative estimate of drug-likeness (QED) is 0.572. The van der Waals surface area contributed by atoms with Crippen LogP contribution in [0.5, 0.6) is 0 Å². The Kier molecular flexibility index (Phi) is 7.64. The van der Waals surface area contributed by atoms with Gasteiger partial charge in [-0.15, -0.1) is 0 Å². The molecular formula is C23H26N2O. The number of allylic oxidation sites excluding steroid dienone is 1. The average Bonchev–Trinajstić information content (AvgIpc) is 2.63. The molecular weight excluding hydrogens is 320 g/mol. The van der Waals surface area contributed by atoms with Crippen molar-refractivity contribution in [1.29, 1.82) is 0 Å². The van der Waals surface area contributed by atoms with E-state index in [2.05, 4.69) is 54.9 Å². The second-order valence-electron chi connectivity index (χ2n) is 6.54. The van der Waals surface area contributed by atoms with Gasteiger partial charge in [0.2, 0.25) is 6.41 Å². The van der Waals surface area contributed by atoms with E-state index in [1.54, 1.807) is 4.90 Å². The van der Waals surface area contributed by atoms with Crippen LogP contribution >= 0.6 is 0 Å². The van der Waals surface area contributed by atoms with Gasteiger partial charge < -0.3 is 4.90 Å². The number of aryl methyl sites for hydroxylation is 3. The fraction of sp³-hybridized carbons (Fsp3) is 0.304. The van der Waals surface area contributed by atoms with E-state index in [1.165, 1.54) is 16.7 Å². The van der Waals surface area contributed by atoms with Crippen LogP contribution in [0.1, 0.15) is 35.4 Å². The molecule has 0 spiro atoms. The van der Waals surface area contributed by atoms with E-state index in [4.69, 9.17) is 0 Å². The lowest BCUT2D eigenvalue weighted by Gasteiger charge is -2.23. The summed E-state index contributed by atoms with van der Waals surface area (Å²) >= 11 is 0. The lowest BCUT2D eigenvalue weighted by atomic mass is 10.0. The zero-order valence-electron chi connectivity index (χ0n) is 15.8. The van der Waals surface area contributed by atoms with Crippen molar-refractivity contribution in [3.8, 4) is 11.8 Å². The zero-order valence-corrected chi connectivity index (χ0v) is 15.8. The number of benzene rings is 1. The summed E-state index contributed by atoms with van der Waals surface area (Å²) in [6.45, 7) is 7.78. The van der Waals surface area contributed by atoms with Crippen molar-refractivity contribution in [2.24, 2.45) is 0 Å². The highest BCUT2D eigenvalue weighted by atomic mass is 16.1. The second kappa shape index (κ2) is 10.2. The van der Waals surface area contributed by atoms with E-state index < -0.39 is 0 Å². The first-order valence-electron chi connectivity index (χ1n) is 8.92. The highest BCUT2D eigenvalue weighted by Gasteiger charge is 2.10. The minimum Gasteiger partial charge on any atom is -0.345 e. The number of amides is 1. The Morgan fingerprint density at radius 3 is 2.19 bits per heavy atom. The Labute approximate surface area is 156 Å². The van der Waals surface area contributed by atoms with Gasteiger partial charge in [-0.05, 0) is 57.7 Å². The number of hydrogen-bond donors (Lipinski definition) is 0. The second-order valence-corrected chi connectivity index (χ2v) is 6.54. The SMILES string of the molecule is Cc1cccc(C#CC=C2CCN(C=O)CC2)n1.Cc1cccc(C)c1. The molecule has 1 aromatic carbocycles. The molecule has 0 bridgehead atoms. The van der Waals surface area contributed by atoms with Gasteiger partial charge in [-0.25, -0.2) is 4.98 Å². The average molecular weight is 346 g/mol. The number of piperidine rings is 1. The van der Waals surface area contributed by atoms with Gasteiger partial charge in [-0.3, -0.25) is 4.79 Å². The molecule has 3 rings (SSSR count). The van der Waals surface area contributed by atoms with Crippen molar-refractivity contribution in [3.05, 3.63) is 76.6 Å². The maximum Gasteiger partial charge on any atom is 0.209 e. The first-order valence-corrected chi connectivity index (χ1v) is 8.92. The van der Waals surface area contributed by atoms with E-state index in [9.17, 15) is 4.79 Å². The van der Waals surface area contributed by atoms with Crippen LogP contribution in [-0.4, -0.2) is 29.4 Å². The molecule has 1 aliphatic heterocycles. The fourth-order valence-corrected chi connectivity index (χ4v) is 2.69. The molecule has 0 atom stereocenters. The monoisotopic (exact) mass is 346 g/mol. The van der Waals surface area contributed by atoms with Crippen LogP contribution in [-0.2, 0) is 4.79 Å². The predicted octanol–water partition coefficient (Wildman–Crippen LogP) is 4.22. The molecule has 0 unspecified atom stereocenters. The molecule has 0 aliphatic carbocycles.